The highest BCUT2D eigenvalue weighted by Crippen LogP contribution is 2.07. The molecule has 0 aliphatic heterocycles. The summed E-state index contributed by atoms with van der Waals surface area (Å²) in [7, 11) is 0. The predicted molar refractivity (Wildman–Crippen MR) is 141 cm³/mol. The lowest BCUT2D eigenvalue weighted by Gasteiger charge is -2.09. The molecular formula is C27H54O10. The minimum absolute atomic E-state index is 0.139. The van der Waals surface area contributed by atoms with Crippen molar-refractivity contribution in [1.82, 2.24) is 0 Å². The molecular weight excluding hydrogens is 484 g/mol. The third-order valence-corrected chi connectivity index (χ3v) is 5.03. The summed E-state index contributed by atoms with van der Waals surface area (Å²) in [5.74, 6) is -0.139. The van der Waals surface area contributed by atoms with Crippen LogP contribution >= 0.6 is 0 Å². The molecule has 10 nitrogen and oxygen atoms in total. The molecule has 0 unspecified atom stereocenters. The van der Waals surface area contributed by atoms with Gasteiger partial charge in [-0.3, -0.25) is 4.79 Å². The van der Waals surface area contributed by atoms with Crippen molar-refractivity contribution in [2.75, 3.05) is 112 Å². The van der Waals surface area contributed by atoms with Crippen LogP contribution in [0.5, 0.6) is 0 Å². The molecule has 222 valence electrons. The first-order valence-corrected chi connectivity index (χ1v) is 14.1. The van der Waals surface area contributed by atoms with Crippen LogP contribution in [-0.2, 0) is 47.4 Å². The summed E-state index contributed by atoms with van der Waals surface area (Å²) in [5, 5.41) is 0. The van der Waals surface area contributed by atoms with Crippen LogP contribution in [0.4, 0.5) is 0 Å². The van der Waals surface area contributed by atoms with E-state index in [1.807, 2.05) is 6.92 Å². The lowest BCUT2D eigenvalue weighted by Crippen LogP contribution is -2.15. The molecule has 0 aromatic carbocycles. The molecule has 0 aliphatic rings. The summed E-state index contributed by atoms with van der Waals surface area (Å²) in [5.41, 5.74) is 0. The van der Waals surface area contributed by atoms with E-state index in [2.05, 4.69) is 6.92 Å². The minimum atomic E-state index is -0.139. The van der Waals surface area contributed by atoms with Crippen molar-refractivity contribution in [2.24, 2.45) is 0 Å². The van der Waals surface area contributed by atoms with Gasteiger partial charge in [0.1, 0.15) is 6.61 Å². The van der Waals surface area contributed by atoms with Crippen LogP contribution < -0.4 is 0 Å². The highest BCUT2D eigenvalue weighted by atomic mass is 16.6. The summed E-state index contributed by atoms with van der Waals surface area (Å²) in [6.45, 7) is 13.0. The average Bonchev–Trinajstić information content (AvgIpc) is 2.90. The number of carbonyl (C=O) groups excluding carboxylic acids is 1. The zero-order valence-electron chi connectivity index (χ0n) is 23.6. The summed E-state index contributed by atoms with van der Waals surface area (Å²) in [6, 6.07) is 0. The van der Waals surface area contributed by atoms with E-state index >= 15 is 0 Å². The summed E-state index contributed by atoms with van der Waals surface area (Å²) >= 11 is 0. The highest BCUT2D eigenvalue weighted by Gasteiger charge is 2.02. The fourth-order valence-electron chi connectivity index (χ4n) is 3.02. The van der Waals surface area contributed by atoms with Crippen LogP contribution in [0.3, 0.4) is 0 Å². The maximum atomic E-state index is 11.6. The standard InChI is InChI=1S/C27H54O10/c1-3-5-6-7-8-9-10-27(28)37-26-25-36-24-23-35-22-21-34-20-19-33-18-17-32-16-15-31-14-13-30-12-11-29-4-2/h3-26H2,1-2H3. The normalized spacial score (nSPS) is 11.3. The van der Waals surface area contributed by atoms with Gasteiger partial charge < -0.3 is 42.6 Å². The maximum Gasteiger partial charge on any atom is 0.305 e. The molecule has 0 aromatic rings. The summed E-state index contributed by atoms with van der Waals surface area (Å²) < 4.78 is 48.3. The van der Waals surface area contributed by atoms with Gasteiger partial charge in [0.15, 0.2) is 0 Å². The van der Waals surface area contributed by atoms with Gasteiger partial charge in [-0.2, -0.15) is 0 Å². The number of esters is 1. The van der Waals surface area contributed by atoms with Crippen LogP contribution in [0.1, 0.15) is 58.8 Å². The first-order valence-electron chi connectivity index (χ1n) is 14.1. The van der Waals surface area contributed by atoms with Crippen molar-refractivity contribution < 1.29 is 47.4 Å². The molecule has 10 heteroatoms. The third kappa shape index (κ3) is 33.1. The fourth-order valence-corrected chi connectivity index (χ4v) is 3.02. The average molecular weight is 539 g/mol. The monoisotopic (exact) mass is 538 g/mol. The molecule has 0 saturated heterocycles. The van der Waals surface area contributed by atoms with Crippen LogP contribution in [0.2, 0.25) is 0 Å². The Bertz CT molecular complexity index is 439. The van der Waals surface area contributed by atoms with Crippen LogP contribution in [0.15, 0.2) is 0 Å². The molecule has 0 saturated carbocycles. The molecule has 37 heavy (non-hydrogen) atoms. The first-order chi connectivity index (χ1) is 18.3. The molecule has 0 rings (SSSR count). The van der Waals surface area contributed by atoms with Gasteiger partial charge in [-0.1, -0.05) is 39.0 Å². The number of rotatable bonds is 32. The number of hydrogen-bond donors (Lipinski definition) is 0. The molecule has 0 amide bonds. The van der Waals surface area contributed by atoms with E-state index in [0.29, 0.717) is 119 Å². The van der Waals surface area contributed by atoms with Gasteiger partial charge in [0.05, 0.1) is 99.1 Å². The molecule has 0 aromatic heterocycles. The molecule has 0 heterocycles. The molecule has 0 bridgehead atoms. The number of hydrogen-bond acceptors (Lipinski definition) is 10. The summed E-state index contributed by atoms with van der Waals surface area (Å²) in [4.78, 5) is 11.6. The largest absolute Gasteiger partial charge is 0.463 e. The van der Waals surface area contributed by atoms with Crippen molar-refractivity contribution in [3.05, 3.63) is 0 Å². The van der Waals surface area contributed by atoms with E-state index in [-0.39, 0.29) is 5.97 Å². The zero-order chi connectivity index (χ0) is 26.9. The van der Waals surface area contributed by atoms with Crippen molar-refractivity contribution in [2.45, 2.75) is 58.8 Å². The zero-order valence-corrected chi connectivity index (χ0v) is 23.6. The van der Waals surface area contributed by atoms with Crippen LogP contribution in [-0.4, -0.2) is 118 Å². The minimum Gasteiger partial charge on any atom is -0.463 e. The van der Waals surface area contributed by atoms with Crippen molar-refractivity contribution in [3.63, 3.8) is 0 Å². The van der Waals surface area contributed by atoms with Crippen LogP contribution in [0, 0.1) is 0 Å². The van der Waals surface area contributed by atoms with E-state index in [1.165, 1.54) is 25.7 Å². The van der Waals surface area contributed by atoms with E-state index < -0.39 is 0 Å². The molecule has 0 aliphatic carbocycles. The quantitative estimate of drug-likeness (QED) is 0.0935. The predicted octanol–water partition coefficient (Wildman–Crippen LogP) is 3.43. The second kappa shape index (κ2) is 33.2. The van der Waals surface area contributed by atoms with E-state index in [0.717, 1.165) is 12.8 Å². The molecule has 0 radical (unpaired) electrons. The molecule has 0 fully saturated rings. The van der Waals surface area contributed by atoms with E-state index in [9.17, 15) is 4.79 Å². The topological polar surface area (TPSA) is 100 Å². The first kappa shape index (κ1) is 36.1. The second-order valence-corrected chi connectivity index (χ2v) is 8.22. The van der Waals surface area contributed by atoms with Gasteiger partial charge in [-0.25, -0.2) is 0 Å². The van der Waals surface area contributed by atoms with Gasteiger partial charge >= 0.3 is 5.97 Å². The Hall–Kier alpha value is -0.850. The Morgan fingerprint density at radius 3 is 1.11 bits per heavy atom. The second-order valence-electron chi connectivity index (χ2n) is 8.22. The van der Waals surface area contributed by atoms with E-state index in [1.54, 1.807) is 0 Å². The maximum absolute atomic E-state index is 11.6. The van der Waals surface area contributed by atoms with Crippen molar-refractivity contribution >= 4 is 5.97 Å². The number of unbranched alkanes of at least 4 members (excludes halogenated alkanes) is 5. The van der Waals surface area contributed by atoms with Gasteiger partial charge in [0, 0.05) is 13.0 Å². The molecule has 0 atom stereocenters. The van der Waals surface area contributed by atoms with Gasteiger partial charge in [0.2, 0.25) is 0 Å². The lowest BCUT2D eigenvalue weighted by molar-refractivity contribution is -0.145. The Labute approximate surface area is 224 Å². The lowest BCUT2D eigenvalue weighted by atomic mass is 10.1. The SMILES string of the molecule is CCCCCCCCC(=O)OCCOCCOCCOCCOCCOCCOCCOCCOCC. The molecule has 0 spiro atoms. The van der Waals surface area contributed by atoms with E-state index in [4.69, 9.17) is 42.6 Å². The Kier molecular flexibility index (Phi) is 32.4. The van der Waals surface area contributed by atoms with Crippen LogP contribution in [0.25, 0.3) is 0 Å². The Morgan fingerprint density at radius 2 is 0.730 bits per heavy atom. The third-order valence-electron chi connectivity index (χ3n) is 5.03. The van der Waals surface area contributed by atoms with Gasteiger partial charge in [-0.05, 0) is 13.3 Å². The Balaban J connectivity index is 3.09. The van der Waals surface area contributed by atoms with Crippen molar-refractivity contribution in [1.29, 1.82) is 0 Å². The fraction of sp³-hybridized carbons (Fsp3) is 0.963. The molecule has 0 N–H and O–H groups in total. The van der Waals surface area contributed by atoms with Gasteiger partial charge in [-0.15, -0.1) is 0 Å². The number of ether oxygens (including phenoxy) is 9. The van der Waals surface area contributed by atoms with Crippen molar-refractivity contribution in [3.8, 4) is 0 Å². The number of carbonyl (C=O) groups is 1. The van der Waals surface area contributed by atoms with Gasteiger partial charge in [0.25, 0.3) is 0 Å². The smallest absolute Gasteiger partial charge is 0.305 e. The Morgan fingerprint density at radius 1 is 0.405 bits per heavy atom. The highest BCUT2D eigenvalue weighted by molar-refractivity contribution is 5.69. The summed E-state index contributed by atoms with van der Waals surface area (Å²) in [6.07, 6.45) is 7.46.